The topological polar surface area (TPSA) is 74.2 Å². The number of ether oxygens (including phenoxy) is 2. The minimum Gasteiger partial charge on any atom is -0.381 e. The maximum absolute atomic E-state index is 12.1. The molecular formula is C12H25B2O6P. The molecule has 2 heterocycles. The second-order valence-corrected chi connectivity index (χ2v) is 7.64. The highest BCUT2D eigenvalue weighted by molar-refractivity contribution is 7.47. The van der Waals surface area contributed by atoms with Crippen molar-refractivity contribution >= 4 is 23.5 Å². The summed E-state index contributed by atoms with van der Waals surface area (Å²) in [6.45, 7) is 4.11. The van der Waals surface area contributed by atoms with E-state index in [0.29, 0.717) is 12.3 Å². The molecule has 2 saturated heterocycles. The standard InChI is InChI=1S/C12H25B2O6P/c1-3-8-9(5-12(14)18-8)20-21(15,16)17-6-10-7(2)4-11(13)19-10/h7-12H,3-6,13-14H2,1-2H3,(H,15,16). The molecule has 0 aromatic rings. The summed E-state index contributed by atoms with van der Waals surface area (Å²) >= 11 is 0. The van der Waals surface area contributed by atoms with Crippen LogP contribution in [0.5, 0.6) is 0 Å². The van der Waals surface area contributed by atoms with Crippen LogP contribution in [-0.2, 0) is 23.1 Å². The SMILES string of the molecule is BC1CC(C)C(COP(=O)(O)OC2CC(B)OC2CC)O1. The molecule has 2 fully saturated rings. The molecule has 0 bridgehead atoms. The average molecular weight is 318 g/mol. The molecule has 0 amide bonds. The number of phosphoric acid groups is 1. The van der Waals surface area contributed by atoms with Crippen LogP contribution < -0.4 is 0 Å². The molecule has 7 atom stereocenters. The van der Waals surface area contributed by atoms with E-state index in [2.05, 4.69) is 6.92 Å². The summed E-state index contributed by atoms with van der Waals surface area (Å²) in [4.78, 5) is 9.89. The van der Waals surface area contributed by atoms with Crippen LogP contribution in [0.25, 0.3) is 0 Å². The number of hydrogen-bond donors (Lipinski definition) is 1. The summed E-state index contributed by atoms with van der Waals surface area (Å²) < 4.78 is 33.8. The molecule has 0 saturated carbocycles. The Labute approximate surface area is 128 Å². The van der Waals surface area contributed by atoms with E-state index in [0.717, 1.165) is 12.8 Å². The van der Waals surface area contributed by atoms with Gasteiger partial charge in [0.25, 0.3) is 0 Å². The van der Waals surface area contributed by atoms with Crippen molar-refractivity contribution in [2.24, 2.45) is 5.92 Å². The summed E-state index contributed by atoms with van der Waals surface area (Å²) in [5.74, 6) is 0.318. The van der Waals surface area contributed by atoms with Crippen molar-refractivity contribution in [3.8, 4) is 0 Å². The molecular weight excluding hydrogens is 293 g/mol. The van der Waals surface area contributed by atoms with Gasteiger partial charge in [0.05, 0.1) is 24.9 Å². The molecule has 2 aliphatic heterocycles. The van der Waals surface area contributed by atoms with Gasteiger partial charge < -0.3 is 14.4 Å². The third kappa shape index (κ3) is 4.81. The number of hydrogen-bond acceptors (Lipinski definition) is 5. The van der Waals surface area contributed by atoms with Crippen molar-refractivity contribution in [2.45, 2.75) is 63.4 Å². The van der Waals surface area contributed by atoms with Crippen LogP contribution in [0.2, 0.25) is 0 Å². The second kappa shape index (κ2) is 7.16. The highest BCUT2D eigenvalue weighted by atomic mass is 31.2. The molecule has 0 spiro atoms. The summed E-state index contributed by atoms with van der Waals surface area (Å²) in [6.07, 6.45) is 1.61. The third-order valence-electron chi connectivity index (χ3n) is 4.20. The van der Waals surface area contributed by atoms with E-state index in [-0.39, 0.29) is 36.9 Å². The quantitative estimate of drug-likeness (QED) is 0.550. The normalized spacial score (nSPS) is 43.0. The van der Waals surface area contributed by atoms with Crippen LogP contribution in [0.4, 0.5) is 0 Å². The first-order valence-electron chi connectivity index (χ1n) is 7.77. The van der Waals surface area contributed by atoms with Crippen LogP contribution in [0.1, 0.15) is 33.1 Å². The lowest BCUT2D eigenvalue weighted by Crippen LogP contribution is -2.25. The molecule has 0 aromatic carbocycles. The molecule has 120 valence electrons. The number of phosphoric ester groups is 1. The molecule has 7 unspecified atom stereocenters. The van der Waals surface area contributed by atoms with Gasteiger partial charge in [-0.05, 0) is 25.2 Å². The first-order chi connectivity index (χ1) is 9.80. The Morgan fingerprint density at radius 1 is 1.24 bits per heavy atom. The van der Waals surface area contributed by atoms with Crippen molar-refractivity contribution in [1.82, 2.24) is 0 Å². The fraction of sp³-hybridized carbons (Fsp3) is 1.00. The smallest absolute Gasteiger partial charge is 0.381 e. The van der Waals surface area contributed by atoms with Gasteiger partial charge in [-0.3, -0.25) is 9.05 Å². The Balaban J connectivity index is 1.83. The third-order valence-corrected chi connectivity index (χ3v) is 5.22. The molecule has 9 heteroatoms. The van der Waals surface area contributed by atoms with Crippen molar-refractivity contribution in [2.75, 3.05) is 6.61 Å². The van der Waals surface area contributed by atoms with Crippen molar-refractivity contribution in [1.29, 1.82) is 0 Å². The average Bonchev–Trinajstić information content (AvgIpc) is 2.88. The molecule has 1 N–H and O–H groups in total. The summed E-state index contributed by atoms with van der Waals surface area (Å²) in [6, 6.07) is 0.208. The van der Waals surface area contributed by atoms with E-state index in [4.69, 9.17) is 18.5 Å². The maximum Gasteiger partial charge on any atom is 0.472 e. The Morgan fingerprint density at radius 2 is 1.86 bits per heavy atom. The van der Waals surface area contributed by atoms with Gasteiger partial charge in [-0.1, -0.05) is 13.8 Å². The van der Waals surface area contributed by atoms with E-state index in [1.807, 2.05) is 22.6 Å². The highest BCUT2D eigenvalue weighted by Gasteiger charge is 2.39. The van der Waals surface area contributed by atoms with E-state index >= 15 is 0 Å². The van der Waals surface area contributed by atoms with Gasteiger partial charge in [0, 0.05) is 12.0 Å². The van der Waals surface area contributed by atoms with E-state index in [1.165, 1.54) is 0 Å². The van der Waals surface area contributed by atoms with Crippen molar-refractivity contribution in [3.05, 3.63) is 0 Å². The van der Waals surface area contributed by atoms with E-state index in [9.17, 15) is 9.46 Å². The molecule has 0 aromatic heterocycles. The van der Waals surface area contributed by atoms with Crippen LogP contribution in [0, 0.1) is 5.92 Å². The van der Waals surface area contributed by atoms with Gasteiger partial charge in [0.15, 0.2) is 0 Å². The van der Waals surface area contributed by atoms with Crippen LogP contribution in [0.3, 0.4) is 0 Å². The lowest BCUT2D eigenvalue weighted by molar-refractivity contribution is 0.00114. The lowest BCUT2D eigenvalue weighted by atomic mass is 9.92. The minimum absolute atomic E-state index is 0.0407. The minimum atomic E-state index is -4.08. The van der Waals surface area contributed by atoms with E-state index < -0.39 is 7.82 Å². The largest absolute Gasteiger partial charge is 0.472 e. The molecule has 0 radical (unpaired) electrons. The summed E-state index contributed by atoms with van der Waals surface area (Å²) in [7, 11) is -0.148. The monoisotopic (exact) mass is 318 g/mol. The highest BCUT2D eigenvalue weighted by Crippen LogP contribution is 2.48. The van der Waals surface area contributed by atoms with Crippen LogP contribution in [0.15, 0.2) is 0 Å². The van der Waals surface area contributed by atoms with Crippen LogP contribution in [-0.4, -0.2) is 57.5 Å². The summed E-state index contributed by atoms with van der Waals surface area (Å²) in [5.41, 5.74) is 0. The Morgan fingerprint density at radius 3 is 2.43 bits per heavy atom. The maximum atomic E-state index is 12.1. The van der Waals surface area contributed by atoms with Crippen molar-refractivity contribution < 1.29 is 28.0 Å². The first-order valence-corrected chi connectivity index (χ1v) is 9.27. The fourth-order valence-electron chi connectivity index (χ4n) is 3.13. The molecule has 2 rings (SSSR count). The van der Waals surface area contributed by atoms with Gasteiger partial charge >= 0.3 is 7.82 Å². The zero-order valence-corrected chi connectivity index (χ0v) is 14.1. The lowest BCUT2D eigenvalue weighted by Gasteiger charge is -2.22. The molecule has 21 heavy (non-hydrogen) atoms. The Kier molecular flexibility index (Phi) is 5.97. The summed E-state index contributed by atoms with van der Waals surface area (Å²) in [5, 5.41) is 0. The van der Waals surface area contributed by atoms with Gasteiger partial charge in [-0.15, -0.1) is 0 Å². The number of rotatable bonds is 6. The second-order valence-electron chi connectivity index (χ2n) is 6.24. The van der Waals surface area contributed by atoms with Crippen LogP contribution >= 0.6 is 7.82 Å². The first kappa shape index (κ1) is 17.5. The molecule has 2 aliphatic rings. The Hall–Kier alpha value is 0.160. The Bertz CT molecular complexity index is 398. The van der Waals surface area contributed by atoms with E-state index in [1.54, 1.807) is 0 Å². The van der Waals surface area contributed by atoms with Gasteiger partial charge in [0.2, 0.25) is 0 Å². The zero-order chi connectivity index (χ0) is 15.6. The molecule has 0 aliphatic carbocycles. The predicted octanol–water partition coefficient (Wildman–Crippen LogP) is 0.0309. The fourth-order valence-corrected chi connectivity index (χ4v) is 4.09. The zero-order valence-electron chi connectivity index (χ0n) is 13.2. The van der Waals surface area contributed by atoms with Gasteiger partial charge in [-0.2, -0.15) is 0 Å². The molecule has 6 nitrogen and oxygen atoms in total. The predicted molar refractivity (Wildman–Crippen MR) is 83.7 cm³/mol. The van der Waals surface area contributed by atoms with Gasteiger partial charge in [0.1, 0.15) is 15.7 Å². The van der Waals surface area contributed by atoms with Crippen molar-refractivity contribution in [3.63, 3.8) is 0 Å². The van der Waals surface area contributed by atoms with Gasteiger partial charge in [-0.25, -0.2) is 4.57 Å².